The summed E-state index contributed by atoms with van der Waals surface area (Å²) in [7, 11) is 0. The predicted octanol–water partition coefficient (Wildman–Crippen LogP) is 1.45. The fourth-order valence-corrected chi connectivity index (χ4v) is 1.86. The highest BCUT2D eigenvalue weighted by Gasteiger charge is 2.08. The standard InChI is InChI=1S/C10H11FO2S/c1-2-9(10(12)13)14-8-5-3-7(11)4-6-8/h3-6,9H,2H2,1H3,(H,12,13)/p-1. The Balaban J connectivity index is 2.67. The molecule has 0 saturated carbocycles. The zero-order chi connectivity index (χ0) is 10.6. The van der Waals surface area contributed by atoms with Crippen molar-refractivity contribution in [3.8, 4) is 0 Å². The molecule has 0 aliphatic carbocycles. The van der Waals surface area contributed by atoms with Gasteiger partial charge in [0.1, 0.15) is 5.82 Å². The number of carbonyl (C=O) groups is 1. The van der Waals surface area contributed by atoms with E-state index in [9.17, 15) is 14.3 Å². The van der Waals surface area contributed by atoms with Crippen molar-refractivity contribution in [3.63, 3.8) is 0 Å². The summed E-state index contributed by atoms with van der Waals surface area (Å²) in [4.78, 5) is 11.3. The molecule has 0 aliphatic rings. The van der Waals surface area contributed by atoms with E-state index in [0.29, 0.717) is 6.42 Å². The number of carboxylic acids is 1. The van der Waals surface area contributed by atoms with Gasteiger partial charge < -0.3 is 9.90 Å². The van der Waals surface area contributed by atoms with E-state index in [2.05, 4.69) is 0 Å². The number of hydrogen-bond acceptors (Lipinski definition) is 3. The van der Waals surface area contributed by atoms with Gasteiger partial charge in [-0.05, 0) is 30.7 Å². The Hall–Kier alpha value is -1.03. The minimum atomic E-state index is -1.08. The van der Waals surface area contributed by atoms with Gasteiger partial charge in [-0.2, -0.15) is 0 Å². The minimum Gasteiger partial charge on any atom is -0.549 e. The molecule has 1 unspecified atom stereocenters. The van der Waals surface area contributed by atoms with Crippen molar-refractivity contribution < 1.29 is 14.3 Å². The average molecular weight is 213 g/mol. The van der Waals surface area contributed by atoms with E-state index in [1.807, 2.05) is 0 Å². The summed E-state index contributed by atoms with van der Waals surface area (Å²) in [6.45, 7) is 1.77. The molecule has 0 N–H and O–H groups in total. The molecule has 4 heteroatoms. The van der Waals surface area contributed by atoms with Crippen LogP contribution in [0.4, 0.5) is 4.39 Å². The third-order valence-corrected chi connectivity index (χ3v) is 3.08. The third-order valence-electron chi connectivity index (χ3n) is 1.73. The molecule has 0 aliphatic heterocycles. The molecular formula is C10H10FO2S-. The van der Waals surface area contributed by atoms with Crippen LogP contribution in [0.15, 0.2) is 29.2 Å². The largest absolute Gasteiger partial charge is 0.549 e. The second-order valence-electron chi connectivity index (χ2n) is 2.79. The van der Waals surface area contributed by atoms with E-state index < -0.39 is 11.2 Å². The molecule has 1 aromatic carbocycles. The quantitative estimate of drug-likeness (QED) is 0.711. The first-order valence-electron chi connectivity index (χ1n) is 4.26. The maximum atomic E-state index is 12.5. The molecule has 0 spiro atoms. The van der Waals surface area contributed by atoms with E-state index in [4.69, 9.17) is 0 Å². The lowest BCUT2D eigenvalue weighted by Crippen LogP contribution is -2.32. The van der Waals surface area contributed by atoms with E-state index in [1.54, 1.807) is 19.1 Å². The van der Waals surface area contributed by atoms with Gasteiger partial charge in [0, 0.05) is 10.1 Å². The number of carbonyl (C=O) groups excluding carboxylic acids is 1. The monoisotopic (exact) mass is 213 g/mol. The van der Waals surface area contributed by atoms with Crippen molar-refractivity contribution in [2.45, 2.75) is 23.5 Å². The van der Waals surface area contributed by atoms with Crippen LogP contribution in [0.25, 0.3) is 0 Å². The topological polar surface area (TPSA) is 40.1 Å². The average Bonchev–Trinajstić information content (AvgIpc) is 2.16. The van der Waals surface area contributed by atoms with Crippen LogP contribution in [0.1, 0.15) is 13.3 Å². The highest BCUT2D eigenvalue weighted by atomic mass is 32.2. The summed E-state index contributed by atoms with van der Waals surface area (Å²) >= 11 is 1.18. The normalized spacial score (nSPS) is 12.4. The molecule has 0 bridgehead atoms. The summed E-state index contributed by atoms with van der Waals surface area (Å²) in [5.74, 6) is -1.40. The van der Waals surface area contributed by atoms with Gasteiger partial charge in [-0.25, -0.2) is 4.39 Å². The molecular weight excluding hydrogens is 203 g/mol. The lowest BCUT2D eigenvalue weighted by Gasteiger charge is -2.14. The van der Waals surface area contributed by atoms with Crippen LogP contribution in [0, 0.1) is 5.82 Å². The Morgan fingerprint density at radius 2 is 2.07 bits per heavy atom. The van der Waals surface area contributed by atoms with Crippen molar-refractivity contribution in [3.05, 3.63) is 30.1 Å². The van der Waals surface area contributed by atoms with E-state index in [0.717, 1.165) is 4.90 Å². The molecule has 0 heterocycles. The molecule has 0 aromatic heterocycles. The zero-order valence-corrected chi connectivity index (χ0v) is 8.51. The lowest BCUT2D eigenvalue weighted by atomic mass is 10.3. The van der Waals surface area contributed by atoms with Crippen LogP contribution in [-0.4, -0.2) is 11.2 Å². The maximum Gasteiger partial charge on any atom is 0.123 e. The first kappa shape index (κ1) is 11.0. The molecule has 14 heavy (non-hydrogen) atoms. The number of benzene rings is 1. The number of halogens is 1. The van der Waals surface area contributed by atoms with Crippen molar-refractivity contribution in [1.82, 2.24) is 0 Å². The highest BCUT2D eigenvalue weighted by Crippen LogP contribution is 2.24. The van der Waals surface area contributed by atoms with E-state index in [-0.39, 0.29) is 5.82 Å². The minimum absolute atomic E-state index is 0.323. The zero-order valence-electron chi connectivity index (χ0n) is 7.70. The first-order valence-corrected chi connectivity index (χ1v) is 5.14. The van der Waals surface area contributed by atoms with Crippen LogP contribution in [0.2, 0.25) is 0 Å². The molecule has 76 valence electrons. The smallest absolute Gasteiger partial charge is 0.123 e. The van der Waals surface area contributed by atoms with E-state index >= 15 is 0 Å². The summed E-state index contributed by atoms with van der Waals surface area (Å²) in [6.07, 6.45) is 0.490. The molecule has 1 atom stereocenters. The summed E-state index contributed by atoms with van der Waals surface area (Å²) in [5.41, 5.74) is 0. The van der Waals surface area contributed by atoms with Crippen LogP contribution in [0.3, 0.4) is 0 Å². The second kappa shape index (κ2) is 5.00. The fraction of sp³-hybridized carbons (Fsp3) is 0.300. The molecule has 0 saturated heterocycles. The lowest BCUT2D eigenvalue weighted by molar-refractivity contribution is -0.304. The van der Waals surface area contributed by atoms with Crippen molar-refractivity contribution in [1.29, 1.82) is 0 Å². The maximum absolute atomic E-state index is 12.5. The number of hydrogen-bond donors (Lipinski definition) is 0. The van der Waals surface area contributed by atoms with Gasteiger partial charge in [-0.3, -0.25) is 0 Å². The fourth-order valence-electron chi connectivity index (χ4n) is 0.976. The number of thioether (sulfide) groups is 1. The van der Waals surface area contributed by atoms with Crippen molar-refractivity contribution >= 4 is 17.7 Å². The van der Waals surface area contributed by atoms with Gasteiger partial charge in [0.2, 0.25) is 0 Å². The van der Waals surface area contributed by atoms with E-state index in [1.165, 1.54) is 23.9 Å². The first-order chi connectivity index (χ1) is 6.63. The Kier molecular flexibility index (Phi) is 3.95. The summed E-state index contributed by atoms with van der Waals surface area (Å²) in [6, 6.07) is 5.74. The number of carboxylic acid groups (broad SMARTS) is 1. The summed E-state index contributed by atoms with van der Waals surface area (Å²) in [5, 5.41) is 10.0. The Morgan fingerprint density at radius 1 is 1.50 bits per heavy atom. The second-order valence-corrected chi connectivity index (χ2v) is 4.06. The molecule has 1 rings (SSSR count). The predicted molar refractivity (Wildman–Crippen MR) is 51.3 cm³/mol. The van der Waals surface area contributed by atoms with Crippen LogP contribution < -0.4 is 5.11 Å². The van der Waals surface area contributed by atoms with Gasteiger partial charge in [0.25, 0.3) is 0 Å². The van der Waals surface area contributed by atoms with Gasteiger partial charge in [0.15, 0.2) is 0 Å². The van der Waals surface area contributed by atoms with Crippen LogP contribution in [0.5, 0.6) is 0 Å². The number of aliphatic carboxylic acids is 1. The summed E-state index contributed by atoms with van der Waals surface area (Å²) < 4.78 is 12.5. The Labute approximate surface area is 86.1 Å². The molecule has 0 fully saturated rings. The molecule has 0 radical (unpaired) electrons. The Bertz CT molecular complexity index is 310. The third kappa shape index (κ3) is 3.03. The van der Waals surface area contributed by atoms with Gasteiger partial charge in [-0.15, -0.1) is 11.8 Å². The molecule has 2 nitrogen and oxygen atoms in total. The van der Waals surface area contributed by atoms with Gasteiger partial charge in [0.05, 0.1) is 5.97 Å². The van der Waals surface area contributed by atoms with Gasteiger partial charge >= 0.3 is 0 Å². The molecule has 0 amide bonds. The van der Waals surface area contributed by atoms with Crippen molar-refractivity contribution in [2.24, 2.45) is 0 Å². The Morgan fingerprint density at radius 3 is 2.50 bits per heavy atom. The SMILES string of the molecule is CCC(Sc1ccc(F)cc1)C(=O)[O-]. The highest BCUT2D eigenvalue weighted by molar-refractivity contribution is 8.00. The molecule has 1 aromatic rings. The van der Waals surface area contributed by atoms with Gasteiger partial charge in [-0.1, -0.05) is 6.92 Å². The van der Waals surface area contributed by atoms with Crippen molar-refractivity contribution in [2.75, 3.05) is 0 Å². The van der Waals surface area contributed by atoms with Crippen LogP contribution >= 0.6 is 11.8 Å². The van der Waals surface area contributed by atoms with Crippen LogP contribution in [-0.2, 0) is 4.79 Å². The number of rotatable bonds is 4.